The van der Waals surface area contributed by atoms with Crippen molar-refractivity contribution in [2.45, 2.75) is 25.8 Å². The van der Waals surface area contributed by atoms with Crippen LogP contribution in [0.25, 0.3) is 11.0 Å². The Morgan fingerprint density at radius 3 is 3.05 bits per heavy atom. The Balaban J connectivity index is 1.63. The quantitative estimate of drug-likeness (QED) is 0.867. The lowest BCUT2D eigenvalue weighted by atomic mass is 10.1. The second-order valence-electron chi connectivity index (χ2n) is 5.32. The van der Waals surface area contributed by atoms with Crippen molar-refractivity contribution in [3.05, 3.63) is 42.2 Å². The number of fused-ring (bicyclic) bond motifs is 1. The standard InChI is InChI=1S/C16H19N3O/c1-19-14-9-5-4-8-13(14)18-15(19)11-17-16(20)10-12-6-2-3-7-12/h2,4-6,8-9,12H,3,7,10-11H2,1H3,(H,17,20). The smallest absolute Gasteiger partial charge is 0.220 e. The highest BCUT2D eigenvalue weighted by Gasteiger charge is 2.14. The number of aromatic nitrogens is 2. The SMILES string of the molecule is Cn1c(CNC(=O)CC2C=CCC2)nc2ccccc21. The van der Waals surface area contributed by atoms with Crippen LogP contribution in [-0.4, -0.2) is 15.5 Å². The number of rotatable bonds is 4. The number of allylic oxidation sites excluding steroid dienone is 2. The van der Waals surface area contributed by atoms with Crippen molar-refractivity contribution in [1.29, 1.82) is 0 Å². The van der Waals surface area contributed by atoms with Gasteiger partial charge in [-0.25, -0.2) is 4.98 Å². The number of imidazole rings is 1. The molecule has 1 unspecified atom stereocenters. The predicted molar refractivity (Wildman–Crippen MR) is 79.0 cm³/mol. The maximum absolute atomic E-state index is 11.9. The lowest BCUT2D eigenvalue weighted by molar-refractivity contribution is -0.121. The second-order valence-corrected chi connectivity index (χ2v) is 5.32. The van der Waals surface area contributed by atoms with E-state index in [1.807, 2.05) is 35.9 Å². The second kappa shape index (κ2) is 5.49. The van der Waals surface area contributed by atoms with E-state index in [4.69, 9.17) is 0 Å². The van der Waals surface area contributed by atoms with Gasteiger partial charge in [0.1, 0.15) is 5.82 Å². The van der Waals surface area contributed by atoms with E-state index in [0.29, 0.717) is 18.9 Å². The molecule has 1 amide bonds. The molecule has 4 nitrogen and oxygen atoms in total. The molecular weight excluding hydrogens is 250 g/mol. The number of nitrogens with one attached hydrogen (secondary N) is 1. The third-order valence-corrected chi connectivity index (χ3v) is 3.88. The van der Waals surface area contributed by atoms with E-state index in [1.54, 1.807) is 0 Å². The zero-order valence-corrected chi connectivity index (χ0v) is 11.7. The Bertz CT molecular complexity index is 657. The van der Waals surface area contributed by atoms with Crippen molar-refractivity contribution in [2.24, 2.45) is 13.0 Å². The van der Waals surface area contributed by atoms with E-state index in [-0.39, 0.29) is 5.91 Å². The van der Waals surface area contributed by atoms with Gasteiger partial charge in [-0.1, -0.05) is 24.3 Å². The number of benzene rings is 1. The summed E-state index contributed by atoms with van der Waals surface area (Å²) in [5, 5.41) is 2.97. The number of nitrogens with zero attached hydrogens (tertiary/aromatic N) is 2. The summed E-state index contributed by atoms with van der Waals surface area (Å²) in [7, 11) is 1.98. The third-order valence-electron chi connectivity index (χ3n) is 3.88. The fourth-order valence-electron chi connectivity index (χ4n) is 2.71. The zero-order chi connectivity index (χ0) is 13.9. The summed E-state index contributed by atoms with van der Waals surface area (Å²) in [6.07, 6.45) is 7.08. The van der Waals surface area contributed by atoms with Gasteiger partial charge in [-0.3, -0.25) is 4.79 Å². The molecule has 0 spiro atoms. The van der Waals surface area contributed by atoms with Crippen molar-refractivity contribution < 1.29 is 4.79 Å². The summed E-state index contributed by atoms with van der Waals surface area (Å²) < 4.78 is 2.03. The Kier molecular flexibility index (Phi) is 3.54. The normalized spacial score (nSPS) is 17.8. The summed E-state index contributed by atoms with van der Waals surface area (Å²) in [6.45, 7) is 0.487. The van der Waals surface area contributed by atoms with Gasteiger partial charge in [0.15, 0.2) is 0 Å². The van der Waals surface area contributed by atoms with Gasteiger partial charge >= 0.3 is 0 Å². The number of amides is 1. The van der Waals surface area contributed by atoms with Crippen LogP contribution < -0.4 is 5.32 Å². The molecule has 3 rings (SSSR count). The van der Waals surface area contributed by atoms with Crippen LogP contribution in [0.3, 0.4) is 0 Å². The maximum atomic E-state index is 11.9. The molecule has 1 aromatic heterocycles. The maximum Gasteiger partial charge on any atom is 0.220 e. The highest BCUT2D eigenvalue weighted by atomic mass is 16.1. The minimum atomic E-state index is 0.105. The van der Waals surface area contributed by atoms with Gasteiger partial charge < -0.3 is 9.88 Å². The molecule has 1 N–H and O–H groups in total. The molecule has 0 bridgehead atoms. The minimum absolute atomic E-state index is 0.105. The topological polar surface area (TPSA) is 46.9 Å². The van der Waals surface area contributed by atoms with Gasteiger partial charge in [0, 0.05) is 13.5 Å². The molecule has 0 radical (unpaired) electrons. The number of aryl methyl sites for hydroxylation is 1. The summed E-state index contributed by atoms with van der Waals surface area (Å²) in [5.41, 5.74) is 2.06. The number of hydrogen-bond donors (Lipinski definition) is 1. The Labute approximate surface area is 118 Å². The van der Waals surface area contributed by atoms with E-state index >= 15 is 0 Å². The van der Waals surface area contributed by atoms with E-state index in [0.717, 1.165) is 29.7 Å². The lowest BCUT2D eigenvalue weighted by Gasteiger charge is -2.08. The first kappa shape index (κ1) is 12.9. The predicted octanol–water partition coefficient (Wildman–Crippen LogP) is 2.55. The highest BCUT2D eigenvalue weighted by Crippen LogP contribution is 2.20. The molecule has 0 saturated heterocycles. The molecule has 1 aromatic carbocycles. The van der Waals surface area contributed by atoms with Crippen molar-refractivity contribution in [3.63, 3.8) is 0 Å². The lowest BCUT2D eigenvalue weighted by Crippen LogP contribution is -2.25. The van der Waals surface area contributed by atoms with E-state index < -0.39 is 0 Å². The van der Waals surface area contributed by atoms with Gasteiger partial charge in [-0.2, -0.15) is 0 Å². The Hall–Kier alpha value is -2.10. The average Bonchev–Trinajstić information content (AvgIpc) is 3.06. The summed E-state index contributed by atoms with van der Waals surface area (Å²) >= 11 is 0. The zero-order valence-electron chi connectivity index (χ0n) is 11.7. The number of hydrogen-bond acceptors (Lipinski definition) is 2. The van der Waals surface area contributed by atoms with Gasteiger partial charge in [0.2, 0.25) is 5.91 Å². The van der Waals surface area contributed by atoms with Crippen LogP contribution >= 0.6 is 0 Å². The first-order chi connectivity index (χ1) is 9.74. The summed E-state index contributed by atoms with van der Waals surface area (Å²) in [4.78, 5) is 16.5. The van der Waals surface area contributed by atoms with Gasteiger partial charge in [0.25, 0.3) is 0 Å². The summed E-state index contributed by atoms with van der Waals surface area (Å²) in [6, 6.07) is 8.00. The monoisotopic (exact) mass is 269 g/mol. The largest absolute Gasteiger partial charge is 0.349 e. The first-order valence-corrected chi connectivity index (χ1v) is 7.08. The molecule has 1 aliphatic rings. The van der Waals surface area contributed by atoms with Crippen molar-refractivity contribution in [1.82, 2.24) is 14.9 Å². The van der Waals surface area contributed by atoms with Crippen LogP contribution in [0.4, 0.5) is 0 Å². The average molecular weight is 269 g/mol. The van der Waals surface area contributed by atoms with Gasteiger partial charge in [-0.05, 0) is 30.9 Å². The van der Waals surface area contributed by atoms with Crippen LogP contribution in [0, 0.1) is 5.92 Å². The van der Waals surface area contributed by atoms with Crippen LogP contribution in [0.5, 0.6) is 0 Å². The van der Waals surface area contributed by atoms with Crippen LogP contribution in [-0.2, 0) is 18.4 Å². The van der Waals surface area contributed by atoms with Crippen LogP contribution in [0.2, 0.25) is 0 Å². The van der Waals surface area contributed by atoms with Crippen molar-refractivity contribution in [2.75, 3.05) is 0 Å². The molecule has 0 fully saturated rings. The molecule has 1 aliphatic carbocycles. The van der Waals surface area contributed by atoms with Gasteiger partial charge in [0.05, 0.1) is 17.6 Å². The fourth-order valence-corrected chi connectivity index (χ4v) is 2.71. The Morgan fingerprint density at radius 2 is 2.30 bits per heavy atom. The molecule has 0 aliphatic heterocycles. The molecular formula is C16H19N3O. The van der Waals surface area contributed by atoms with E-state index in [2.05, 4.69) is 22.5 Å². The number of carbonyl (C=O) groups excluding carboxylic acids is 1. The number of carbonyl (C=O) groups is 1. The molecule has 20 heavy (non-hydrogen) atoms. The molecule has 0 saturated carbocycles. The number of para-hydroxylation sites is 2. The molecule has 1 heterocycles. The van der Waals surface area contributed by atoms with E-state index in [1.165, 1.54) is 0 Å². The molecule has 104 valence electrons. The van der Waals surface area contributed by atoms with Crippen LogP contribution in [0.15, 0.2) is 36.4 Å². The molecule has 1 atom stereocenters. The van der Waals surface area contributed by atoms with Crippen molar-refractivity contribution in [3.8, 4) is 0 Å². The van der Waals surface area contributed by atoms with Crippen molar-refractivity contribution >= 4 is 16.9 Å². The van der Waals surface area contributed by atoms with Gasteiger partial charge in [-0.15, -0.1) is 0 Å². The summed E-state index contributed by atoms with van der Waals surface area (Å²) in [5.74, 6) is 1.41. The molecule has 4 heteroatoms. The van der Waals surface area contributed by atoms with E-state index in [9.17, 15) is 4.79 Å². The third kappa shape index (κ3) is 2.59. The minimum Gasteiger partial charge on any atom is -0.349 e. The molecule has 2 aromatic rings. The Morgan fingerprint density at radius 1 is 1.45 bits per heavy atom. The fraction of sp³-hybridized carbons (Fsp3) is 0.375. The highest BCUT2D eigenvalue weighted by molar-refractivity contribution is 5.77. The van der Waals surface area contributed by atoms with Crippen LogP contribution in [0.1, 0.15) is 25.1 Å². The first-order valence-electron chi connectivity index (χ1n) is 7.08.